The molecule has 28 heavy (non-hydrogen) atoms. The van der Waals surface area contributed by atoms with Crippen LogP contribution in [0.1, 0.15) is 18.4 Å². The summed E-state index contributed by atoms with van der Waals surface area (Å²) < 4.78 is 5.58. The van der Waals surface area contributed by atoms with Crippen LogP contribution in [0.4, 0.5) is 5.69 Å². The number of benzene rings is 1. The topological polar surface area (TPSA) is 43.7 Å². The smallest absolute Gasteiger partial charge is 0.138 e. The lowest BCUT2D eigenvalue weighted by molar-refractivity contribution is 0.134. The van der Waals surface area contributed by atoms with Crippen molar-refractivity contribution in [3.8, 4) is 0 Å². The first-order valence-corrected chi connectivity index (χ1v) is 10.2. The number of amidine groups is 1. The molecular weight excluding hydrogens is 350 g/mol. The van der Waals surface area contributed by atoms with Crippen molar-refractivity contribution >= 4 is 17.9 Å². The van der Waals surface area contributed by atoms with Gasteiger partial charge in [0.25, 0.3) is 0 Å². The zero-order valence-electron chi connectivity index (χ0n) is 16.4. The van der Waals surface area contributed by atoms with Crippen molar-refractivity contribution in [2.75, 3.05) is 46.4 Å². The van der Waals surface area contributed by atoms with E-state index in [1.54, 1.807) is 7.11 Å². The average Bonchev–Trinajstić information content (AvgIpc) is 3.17. The maximum atomic E-state index is 5.58. The lowest BCUT2D eigenvalue weighted by Crippen LogP contribution is -2.51. The quantitative estimate of drug-likeness (QED) is 0.809. The second-order valence-corrected chi connectivity index (χ2v) is 7.73. The Labute approximate surface area is 166 Å². The third-order valence-corrected chi connectivity index (χ3v) is 6.10. The SMILES string of the molecule is COC1=C(N2CCN(CC3CN=C4c5ccccc5N=CN43)CC2)CCC=C1. The number of fused-ring (bicyclic) bond motifs is 3. The Morgan fingerprint density at radius 3 is 2.86 bits per heavy atom. The van der Waals surface area contributed by atoms with Gasteiger partial charge in [0.05, 0.1) is 37.4 Å². The van der Waals surface area contributed by atoms with E-state index in [-0.39, 0.29) is 0 Å². The minimum absolute atomic E-state index is 0.380. The van der Waals surface area contributed by atoms with E-state index in [4.69, 9.17) is 9.73 Å². The summed E-state index contributed by atoms with van der Waals surface area (Å²) in [6.45, 7) is 6.17. The molecule has 1 aliphatic carbocycles. The Bertz CT molecular complexity index is 863. The molecule has 0 N–H and O–H groups in total. The number of hydrogen-bond acceptors (Lipinski definition) is 6. The number of allylic oxidation sites excluding steroid dienone is 3. The van der Waals surface area contributed by atoms with E-state index in [0.29, 0.717) is 6.04 Å². The monoisotopic (exact) mass is 377 g/mol. The van der Waals surface area contributed by atoms with Gasteiger partial charge in [-0.2, -0.15) is 0 Å². The normalized spacial score (nSPS) is 24.3. The van der Waals surface area contributed by atoms with Crippen LogP contribution in [0.25, 0.3) is 0 Å². The standard InChI is InChI=1S/C22H27N5O/c1-28-21-9-5-4-8-20(21)26-12-10-25(11-13-26)15-17-14-23-22-18-6-2-3-7-19(18)24-16-27(17)22/h2-3,5-7,9,16-17H,4,8,10-15H2,1H3. The highest BCUT2D eigenvalue weighted by Gasteiger charge is 2.33. The van der Waals surface area contributed by atoms with Crippen LogP contribution in [0.15, 0.2) is 57.9 Å². The Kier molecular flexibility index (Phi) is 4.64. The number of hydrogen-bond donors (Lipinski definition) is 0. The number of para-hydroxylation sites is 1. The van der Waals surface area contributed by atoms with Crippen molar-refractivity contribution in [2.24, 2.45) is 9.98 Å². The number of methoxy groups -OCH3 is 1. The fraction of sp³-hybridized carbons (Fsp3) is 0.455. The van der Waals surface area contributed by atoms with Crippen molar-refractivity contribution < 1.29 is 4.74 Å². The van der Waals surface area contributed by atoms with Crippen molar-refractivity contribution in [1.29, 1.82) is 0 Å². The molecule has 0 aromatic heterocycles. The van der Waals surface area contributed by atoms with Gasteiger partial charge in [-0.25, -0.2) is 4.99 Å². The van der Waals surface area contributed by atoms with Gasteiger partial charge in [0.1, 0.15) is 11.6 Å². The molecule has 1 fully saturated rings. The van der Waals surface area contributed by atoms with E-state index in [0.717, 1.165) is 75.0 Å². The molecule has 0 bridgehead atoms. The summed E-state index contributed by atoms with van der Waals surface area (Å²) in [6, 6.07) is 8.66. The van der Waals surface area contributed by atoms with E-state index in [2.05, 4.69) is 50.0 Å². The number of aliphatic imine (C=N–C) groups is 2. The Balaban J connectivity index is 1.21. The molecule has 1 unspecified atom stereocenters. The zero-order valence-corrected chi connectivity index (χ0v) is 16.4. The molecule has 1 aromatic carbocycles. The van der Waals surface area contributed by atoms with Gasteiger partial charge in [0.15, 0.2) is 0 Å². The predicted octanol–water partition coefficient (Wildman–Crippen LogP) is 2.62. The van der Waals surface area contributed by atoms with Gasteiger partial charge in [-0.3, -0.25) is 9.89 Å². The van der Waals surface area contributed by atoms with Crippen molar-refractivity contribution in [1.82, 2.24) is 14.7 Å². The van der Waals surface area contributed by atoms with Crippen LogP contribution < -0.4 is 0 Å². The first-order chi connectivity index (χ1) is 13.8. The largest absolute Gasteiger partial charge is 0.495 e. The molecule has 3 aliphatic heterocycles. The van der Waals surface area contributed by atoms with Crippen molar-refractivity contribution in [2.45, 2.75) is 18.9 Å². The lowest BCUT2D eigenvalue weighted by Gasteiger charge is -2.40. The van der Waals surface area contributed by atoms with Gasteiger partial charge >= 0.3 is 0 Å². The van der Waals surface area contributed by atoms with Gasteiger partial charge in [0.2, 0.25) is 0 Å². The number of nitrogens with zero attached hydrogens (tertiary/aromatic N) is 5. The Morgan fingerprint density at radius 1 is 1.14 bits per heavy atom. The van der Waals surface area contributed by atoms with Crippen LogP contribution >= 0.6 is 0 Å². The minimum Gasteiger partial charge on any atom is -0.495 e. The number of piperazine rings is 1. The first-order valence-electron chi connectivity index (χ1n) is 10.2. The highest BCUT2D eigenvalue weighted by atomic mass is 16.5. The molecular formula is C22H27N5O. The molecule has 1 atom stereocenters. The summed E-state index contributed by atoms with van der Waals surface area (Å²) in [5, 5.41) is 0. The number of ether oxygens (including phenoxy) is 1. The highest BCUT2D eigenvalue weighted by molar-refractivity contribution is 6.11. The van der Waals surface area contributed by atoms with Gasteiger partial charge in [-0.05, 0) is 31.1 Å². The van der Waals surface area contributed by atoms with Crippen LogP contribution in [0.2, 0.25) is 0 Å². The third-order valence-electron chi connectivity index (χ3n) is 6.10. The summed E-state index contributed by atoms with van der Waals surface area (Å²) in [6.07, 6.45) is 8.49. The third kappa shape index (κ3) is 3.11. The van der Waals surface area contributed by atoms with Crippen molar-refractivity contribution in [3.63, 3.8) is 0 Å². The molecule has 6 heteroatoms. The second kappa shape index (κ2) is 7.43. The minimum atomic E-state index is 0.380. The molecule has 5 rings (SSSR count). The van der Waals surface area contributed by atoms with Crippen LogP contribution in [0.5, 0.6) is 0 Å². The van der Waals surface area contributed by atoms with Gasteiger partial charge < -0.3 is 14.5 Å². The molecule has 146 valence electrons. The molecule has 4 aliphatic rings. The number of rotatable bonds is 4. The molecule has 0 saturated carbocycles. The van der Waals surface area contributed by atoms with Crippen LogP contribution in [0.3, 0.4) is 0 Å². The highest BCUT2D eigenvalue weighted by Crippen LogP contribution is 2.29. The zero-order chi connectivity index (χ0) is 18.9. The maximum absolute atomic E-state index is 5.58. The predicted molar refractivity (Wildman–Crippen MR) is 112 cm³/mol. The summed E-state index contributed by atoms with van der Waals surface area (Å²) in [7, 11) is 1.78. The molecule has 6 nitrogen and oxygen atoms in total. The fourth-order valence-electron chi connectivity index (χ4n) is 4.58. The Morgan fingerprint density at radius 2 is 2.00 bits per heavy atom. The van der Waals surface area contributed by atoms with E-state index in [1.807, 2.05) is 12.4 Å². The van der Waals surface area contributed by atoms with Crippen LogP contribution in [-0.4, -0.2) is 79.3 Å². The van der Waals surface area contributed by atoms with E-state index in [9.17, 15) is 0 Å². The fourth-order valence-corrected chi connectivity index (χ4v) is 4.58. The van der Waals surface area contributed by atoms with Crippen LogP contribution in [0, 0.1) is 0 Å². The molecule has 1 saturated heterocycles. The van der Waals surface area contributed by atoms with Gasteiger partial charge in [-0.1, -0.05) is 18.2 Å². The molecule has 0 radical (unpaired) electrons. The lowest BCUT2D eigenvalue weighted by atomic mass is 10.1. The summed E-state index contributed by atoms with van der Waals surface area (Å²) >= 11 is 0. The second-order valence-electron chi connectivity index (χ2n) is 7.73. The van der Waals surface area contributed by atoms with Gasteiger partial charge in [-0.15, -0.1) is 0 Å². The Hall–Kier alpha value is -2.60. The van der Waals surface area contributed by atoms with E-state index in [1.165, 1.54) is 5.70 Å². The van der Waals surface area contributed by atoms with Crippen LogP contribution in [-0.2, 0) is 4.74 Å². The molecule has 3 heterocycles. The summed E-state index contributed by atoms with van der Waals surface area (Å²) in [4.78, 5) is 16.8. The molecule has 0 amide bonds. The van der Waals surface area contributed by atoms with Gasteiger partial charge in [0, 0.05) is 38.3 Å². The first kappa shape index (κ1) is 17.5. The summed E-state index contributed by atoms with van der Waals surface area (Å²) in [5.74, 6) is 2.12. The average molecular weight is 377 g/mol. The maximum Gasteiger partial charge on any atom is 0.138 e. The molecule has 1 aromatic rings. The summed E-state index contributed by atoms with van der Waals surface area (Å²) in [5.41, 5.74) is 3.55. The van der Waals surface area contributed by atoms with E-state index < -0.39 is 0 Å². The van der Waals surface area contributed by atoms with Crippen molar-refractivity contribution in [3.05, 3.63) is 53.4 Å². The molecule has 0 spiro atoms. The van der Waals surface area contributed by atoms with E-state index >= 15 is 0 Å².